The van der Waals surface area contributed by atoms with E-state index in [0.29, 0.717) is 12.0 Å². The lowest BCUT2D eigenvalue weighted by molar-refractivity contribution is -0.139. The second-order valence-corrected chi connectivity index (χ2v) is 4.80. The van der Waals surface area contributed by atoms with Gasteiger partial charge in [0.1, 0.15) is 0 Å². The van der Waals surface area contributed by atoms with Crippen molar-refractivity contribution >= 4 is 5.97 Å². The molecule has 1 saturated carbocycles. The molecule has 0 aliphatic heterocycles. The topological polar surface area (TPSA) is 38.3 Å². The van der Waals surface area contributed by atoms with Gasteiger partial charge in [0.15, 0.2) is 0 Å². The van der Waals surface area contributed by atoms with E-state index in [2.05, 4.69) is 23.9 Å². The lowest BCUT2D eigenvalue weighted by Gasteiger charge is -2.40. The molecule has 0 spiro atoms. The maximum atomic E-state index is 10.9. The second kappa shape index (κ2) is 4.78. The van der Waals surface area contributed by atoms with Crippen LogP contribution in [0.3, 0.4) is 0 Å². The monoisotopic (exact) mass is 199 g/mol. The van der Waals surface area contributed by atoms with Crippen molar-refractivity contribution in [3.05, 3.63) is 0 Å². The third-order valence-corrected chi connectivity index (χ3v) is 3.29. The van der Waals surface area contributed by atoms with E-state index in [1.165, 1.54) is 26.4 Å². The number of carbonyl (C=O) groups is 1. The van der Waals surface area contributed by atoms with Gasteiger partial charge >= 0.3 is 5.97 Å². The molecule has 1 aliphatic carbocycles. The molecular formula is C11H21NO2. The van der Waals surface area contributed by atoms with Gasteiger partial charge in [0, 0.05) is 6.54 Å². The van der Waals surface area contributed by atoms with Crippen LogP contribution in [0, 0.1) is 11.3 Å². The van der Waals surface area contributed by atoms with Gasteiger partial charge in [0.2, 0.25) is 0 Å². The molecule has 1 N–H and O–H groups in total. The van der Waals surface area contributed by atoms with Crippen LogP contribution >= 0.6 is 0 Å². The quantitative estimate of drug-likeness (QED) is 0.683. The van der Waals surface area contributed by atoms with Gasteiger partial charge in [0.05, 0.1) is 13.7 Å². The molecule has 0 amide bonds. The van der Waals surface area contributed by atoms with Crippen molar-refractivity contribution in [2.45, 2.75) is 33.1 Å². The van der Waals surface area contributed by atoms with Crippen molar-refractivity contribution in [2.24, 2.45) is 11.3 Å². The zero-order chi connectivity index (χ0) is 10.6. The summed E-state index contributed by atoms with van der Waals surface area (Å²) in [6.07, 6.45) is 4.05. The third-order valence-electron chi connectivity index (χ3n) is 3.29. The van der Waals surface area contributed by atoms with Crippen LogP contribution in [0.4, 0.5) is 0 Å². The first-order valence-electron chi connectivity index (χ1n) is 5.34. The highest BCUT2D eigenvalue weighted by molar-refractivity contribution is 5.71. The highest BCUT2D eigenvalue weighted by Gasteiger charge is 2.33. The van der Waals surface area contributed by atoms with Crippen molar-refractivity contribution in [2.75, 3.05) is 20.2 Å². The summed E-state index contributed by atoms with van der Waals surface area (Å²) in [5.74, 6) is 0.641. The van der Waals surface area contributed by atoms with Gasteiger partial charge in [-0.15, -0.1) is 0 Å². The Morgan fingerprint density at radius 1 is 1.50 bits per heavy atom. The van der Waals surface area contributed by atoms with Crippen molar-refractivity contribution in [3.63, 3.8) is 0 Å². The van der Waals surface area contributed by atoms with Crippen molar-refractivity contribution in [3.8, 4) is 0 Å². The van der Waals surface area contributed by atoms with Gasteiger partial charge in [-0.3, -0.25) is 4.79 Å². The Balaban J connectivity index is 2.18. The molecule has 82 valence electrons. The van der Waals surface area contributed by atoms with Gasteiger partial charge < -0.3 is 10.1 Å². The Bertz CT molecular complexity index is 197. The number of esters is 1. The molecule has 0 aromatic carbocycles. The fraction of sp³-hybridized carbons (Fsp3) is 0.909. The summed E-state index contributed by atoms with van der Waals surface area (Å²) in [5, 5.41) is 3.15. The Morgan fingerprint density at radius 3 is 2.57 bits per heavy atom. The van der Waals surface area contributed by atoms with Crippen molar-refractivity contribution in [1.82, 2.24) is 5.32 Å². The fourth-order valence-corrected chi connectivity index (χ4v) is 1.89. The standard InChI is InChI=1S/C11H21NO2/c1-11(2,9-5-4-6-9)8-12-7-10(13)14-3/h9,12H,4-8H2,1-3H3. The molecule has 1 fully saturated rings. The Morgan fingerprint density at radius 2 is 2.14 bits per heavy atom. The summed E-state index contributed by atoms with van der Waals surface area (Å²) < 4.78 is 4.56. The summed E-state index contributed by atoms with van der Waals surface area (Å²) in [6.45, 7) is 5.75. The highest BCUT2D eigenvalue weighted by atomic mass is 16.5. The number of hydrogen-bond donors (Lipinski definition) is 1. The van der Waals surface area contributed by atoms with Crippen LogP contribution in [-0.4, -0.2) is 26.2 Å². The van der Waals surface area contributed by atoms with Gasteiger partial charge in [-0.2, -0.15) is 0 Å². The molecule has 3 nitrogen and oxygen atoms in total. The van der Waals surface area contributed by atoms with E-state index in [1.807, 2.05) is 0 Å². The van der Waals surface area contributed by atoms with E-state index in [0.717, 1.165) is 12.5 Å². The van der Waals surface area contributed by atoms with Crippen LogP contribution in [0.15, 0.2) is 0 Å². The van der Waals surface area contributed by atoms with Gasteiger partial charge in [-0.25, -0.2) is 0 Å². The molecule has 1 rings (SSSR count). The van der Waals surface area contributed by atoms with E-state index < -0.39 is 0 Å². The normalized spacial score (nSPS) is 17.6. The molecule has 0 aromatic heterocycles. The average Bonchev–Trinajstić information content (AvgIpc) is 1.99. The Hall–Kier alpha value is -0.570. The van der Waals surface area contributed by atoms with Crippen LogP contribution in [0.5, 0.6) is 0 Å². The third kappa shape index (κ3) is 2.98. The molecule has 1 aliphatic rings. The molecule has 3 heteroatoms. The lowest BCUT2D eigenvalue weighted by atomic mass is 9.67. The first-order chi connectivity index (χ1) is 6.56. The molecule has 0 aromatic rings. The molecule has 14 heavy (non-hydrogen) atoms. The number of nitrogens with one attached hydrogen (secondary N) is 1. The van der Waals surface area contributed by atoms with Gasteiger partial charge in [-0.05, 0) is 24.2 Å². The number of methoxy groups -OCH3 is 1. The summed E-state index contributed by atoms with van der Waals surface area (Å²) in [4.78, 5) is 10.9. The number of carbonyl (C=O) groups excluding carboxylic acids is 1. The summed E-state index contributed by atoms with van der Waals surface area (Å²) >= 11 is 0. The average molecular weight is 199 g/mol. The van der Waals surface area contributed by atoms with Crippen LogP contribution < -0.4 is 5.32 Å². The molecule has 0 saturated heterocycles. The largest absolute Gasteiger partial charge is 0.468 e. The zero-order valence-corrected chi connectivity index (χ0v) is 9.43. The SMILES string of the molecule is COC(=O)CNCC(C)(C)C1CCC1. The predicted octanol–water partition coefficient (Wildman–Crippen LogP) is 1.58. The summed E-state index contributed by atoms with van der Waals surface area (Å²) in [5.41, 5.74) is 0.312. The predicted molar refractivity (Wildman–Crippen MR) is 56.0 cm³/mol. The molecule has 0 radical (unpaired) electrons. The zero-order valence-electron chi connectivity index (χ0n) is 9.43. The Labute approximate surface area is 86.2 Å². The smallest absolute Gasteiger partial charge is 0.319 e. The van der Waals surface area contributed by atoms with E-state index in [1.54, 1.807) is 0 Å². The minimum absolute atomic E-state index is 0.186. The summed E-state index contributed by atoms with van der Waals surface area (Å²) in [7, 11) is 1.42. The maximum absolute atomic E-state index is 10.9. The highest BCUT2D eigenvalue weighted by Crippen LogP contribution is 2.40. The lowest BCUT2D eigenvalue weighted by Crippen LogP contribution is -2.40. The van der Waals surface area contributed by atoms with Crippen LogP contribution in [0.2, 0.25) is 0 Å². The van der Waals surface area contributed by atoms with Crippen LogP contribution in [0.25, 0.3) is 0 Å². The fourth-order valence-electron chi connectivity index (χ4n) is 1.89. The van der Waals surface area contributed by atoms with E-state index in [9.17, 15) is 4.79 Å². The molecule has 0 unspecified atom stereocenters. The Kier molecular flexibility index (Phi) is 3.93. The van der Waals surface area contributed by atoms with E-state index in [-0.39, 0.29) is 5.97 Å². The number of hydrogen-bond acceptors (Lipinski definition) is 3. The summed E-state index contributed by atoms with van der Waals surface area (Å²) in [6, 6.07) is 0. The van der Waals surface area contributed by atoms with Gasteiger partial charge in [-0.1, -0.05) is 20.3 Å². The van der Waals surface area contributed by atoms with Crippen molar-refractivity contribution in [1.29, 1.82) is 0 Å². The first-order valence-corrected chi connectivity index (χ1v) is 5.34. The van der Waals surface area contributed by atoms with Crippen molar-refractivity contribution < 1.29 is 9.53 Å². The van der Waals surface area contributed by atoms with E-state index >= 15 is 0 Å². The minimum atomic E-state index is -0.186. The first kappa shape index (κ1) is 11.5. The van der Waals surface area contributed by atoms with E-state index in [4.69, 9.17) is 0 Å². The van der Waals surface area contributed by atoms with Crippen LogP contribution in [-0.2, 0) is 9.53 Å². The number of ether oxygens (including phenoxy) is 1. The molecule has 0 heterocycles. The van der Waals surface area contributed by atoms with Gasteiger partial charge in [0.25, 0.3) is 0 Å². The minimum Gasteiger partial charge on any atom is -0.468 e. The number of rotatable bonds is 5. The second-order valence-electron chi connectivity index (χ2n) is 4.80. The molecular weight excluding hydrogens is 178 g/mol. The molecule has 0 bridgehead atoms. The maximum Gasteiger partial charge on any atom is 0.319 e. The van der Waals surface area contributed by atoms with Crippen LogP contribution in [0.1, 0.15) is 33.1 Å². The molecule has 0 atom stereocenters.